The summed E-state index contributed by atoms with van der Waals surface area (Å²) in [5.74, 6) is 0. The van der Waals surface area contributed by atoms with Gasteiger partial charge >= 0.3 is 0 Å². The number of fused-ring (bicyclic) bond motifs is 7. The Balaban J connectivity index is 1.44. The van der Waals surface area contributed by atoms with Crippen molar-refractivity contribution in [3.8, 4) is 52.3 Å². The molecule has 3 heterocycles. The average Bonchev–Trinajstić information content (AvgIpc) is 3.85. The zero-order chi connectivity index (χ0) is 34.8. The Hall–Kier alpha value is -7.74. The van der Waals surface area contributed by atoms with Crippen molar-refractivity contribution in [2.45, 2.75) is 0 Å². The van der Waals surface area contributed by atoms with Gasteiger partial charge < -0.3 is 9.13 Å². The minimum Gasteiger partial charge on any atom is -0.309 e. The fraction of sp³-hybridized carbons (Fsp3) is 0. The Bertz CT molecular complexity index is 2900. The first-order valence-corrected chi connectivity index (χ1v) is 16.6. The second kappa shape index (κ2) is 11.2. The van der Waals surface area contributed by atoms with Crippen molar-refractivity contribution in [3.05, 3.63) is 137 Å². The molecule has 0 aliphatic rings. The number of aromatic nitrogens is 3. The third-order valence-electron chi connectivity index (χ3n) is 9.23. The molecule has 9 heteroatoms. The molecule has 0 spiro atoms. The van der Waals surface area contributed by atoms with E-state index in [1.807, 2.05) is 78.9 Å². The molecule has 51 heavy (non-hydrogen) atoms. The third-order valence-corrected chi connectivity index (χ3v) is 10.3. The molecule has 9 aromatic rings. The molecular formula is C42H18N8S. The monoisotopic (exact) mass is 666 g/mol. The van der Waals surface area contributed by atoms with Gasteiger partial charge in [0.1, 0.15) is 5.01 Å². The van der Waals surface area contributed by atoms with Gasteiger partial charge in [0, 0.05) is 38.5 Å². The molecule has 0 aliphatic carbocycles. The molecule has 3 aromatic heterocycles. The minimum absolute atomic E-state index is 0.498. The molecule has 0 bridgehead atoms. The Morgan fingerprint density at radius 2 is 0.804 bits per heavy atom. The molecule has 0 amide bonds. The minimum atomic E-state index is 0.498. The number of rotatable bonds is 3. The Morgan fingerprint density at radius 1 is 0.431 bits per heavy atom. The van der Waals surface area contributed by atoms with Crippen molar-refractivity contribution in [1.29, 1.82) is 26.3 Å². The van der Waals surface area contributed by atoms with Crippen LogP contribution in [-0.4, -0.2) is 14.1 Å². The maximum Gasteiger partial charge on any atom is 0.124 e. The van der Waals surface area contributed by atoms with Crippen LogP contribution in [0.1, 0.15) is 27.8 Å². The lowest BCUT2D eigenvalue weighted by atomic mass is 10.1. The summed E-state index contributed by atoms with van der Waals surface area (Å²) in [5, 5.41) is 53.6. The number of thiazole rings is 1. The molecule has 0 unspecified atom stereocenters. The zero-order valence-corrected chi connectivity index (χ0v) is 27.2. The van der Waals surface area contributed by atoms with E-state index < -0.39 is 0 Å². The van der Waals surface area contributed by atoms with Crippen LogP contribution in [0.3, 0.4) is 0 Å². The second-order valence-electron chi connectivity index (χ2n) is 12.1. The summed E-state index contributed by atoms with van der Waals surface area (Å²) in [4.78, 5) is 4.98. The zero-order valence-electron chi connectivity index (χ0n) is 26.4. The molecule has 0 aliphatic heterocycles. The summed E-state index contributed by atoms with van der Waals surface area (Å²) in [6.07, 6.45) is 0. The van der Waals surface area contributed by atoms with E-state index in [2.05, 4.69) is 39.5 Å². The quantitative estimate of drug-likeness (QED) is 0.184. The first-order valence-electron chi connectivity index (χ1n) is 15.7. The van der Waals surface area contributed by atoms with Crippen molar-refractivity contribution in [2.24, 2.45) is 0 Å². The van der Waals surface area contributed by atoms with Crippen molar-refractivity contribution >= 4 is 65.2 Å². The molecule has 0 saturated heterocycles. The number of hydrogen-bond donors (Lipinski definition) is 0. The van der Waals surface area contributed by atoms with Crippen molar-refractivity contribution < 1.29 is 0 Å². The molecule has 6 aromatic carbocycles. The molecule has 8 nitrogen and oxygen atoms in total. The van der Waals surface area contributed by atoms with Crippen LogP contribution >= 0.6 is 11.3 Å². The molecule has 9 rings (SSSR count). The molecule has 0 saturated carbocycles. The van der Waals surface area contributed by atoms with Gasteiger partial charge in [-0.3, -0.25) is 0 Å². The van der Waals surface area contributed by atoms with Gasteiger partial charge in [0.25, 0.3) is 0 Å². The molecule has 0 N–H and O–H groups in total. The summed E-state index contributed by atoms with van der Waals surface area (Å²) in [7, 11) is 0. The van der Waals surface area contributed by atoms with Gasteiger partial charge in [0.2, 0.25) is 0 Å². The van der Waals surface area contributed by atoms with E-state index in [1.165, 1.54) is 11.3 Å². The third kappa shape index (κ3) is 4.51. The SMILES string of the molecule is N#Cc1ccc2nc(-c3cc(-n4c5cc(C#N)ccc5c5ccc(C#N)cc54)cc(-n4c5cc(C#N)ccc5c5ccc(C#N)cc54)c3)sc2c1. The highest BCUT2D eigenvalue weighted by molar-refractivity contribution is 7.21. The maximum atomic E-state index is 9.89. The Labute approximate surface area is 293 Å². The lowest BCUT2D eigenvalue weighted by Gasteiger charge is -2.15. The Morgan fingerprint density at radius 3 is 1.20 bits per heavy atom. The van der Waals surface area contributed by atoms with E-state index in [9.17, 15) is 26.3 Å². The van der Waals surface area contributed by atoms with Crippen LogP contribution in [0.2, 0.25) is 0 Å². The van der Waals surface area contributed by atoms with Gasteiger partial charge in [-0.1, -0.05) is 24.3 Å². The van der Waals surface area contributed by atoms with Crippen LogP contribution in [0.5, 0.6) is 0 Å². The van der Waals surface area contributed by atoms with Crippen molar-refractivity contribution in [3.63, 3.8) is 0 Å². The summed E-state index contributed by atoms with van der Waals surface area (Å²) < 4.78 is 5.00. The van der Waals surface area contributed by atoms with Crippen LogP contribution < -0.4 is 0 Å². The van der Waals surface area contributed by atoms with Crippen LogP contribution in [0.4, 0.5) is 0 Å². The second-order valence-corrected chi connectivity index (χ2v) is 13.1. The first kappa shape index (κ1) is 29.4. The fourth-order valence-corrected chi connectivity index (χ4v) is 7.96. The van der Waals surface area contributed by atoms with E-state index in [4.69, 9.17) is 4.98 Å². The van der Waals surface area contributed by atoms with Gasteiger partial charge in [-0.15, -0.1) is 11.3 Å². The summed E-state index contributed by atoms with van der Waals surface area (Å²) >= 11 is 1.48. The predicted molar refractivity (Wildman–Crippen MR) is 197 cm³/mol. The van der Waals surface area contributed by atoms with Crippen molar-refractivity contribution in [2.75, 3.05) is 0 Å². The highest BCUT2D eigenvalue weighted by Crippen LogP contribution is 2.40. The highest BCUT2D eigenvalue weighted by Gasteiger charge is 2.20. The standard InChI is InChI=1S/C42H18N8S/c43-19-24-1-6-32-33-7-2-25(20-44)12-38(33)49(37(32)11-24)30-16-29(42-48-36-10-5-28(23-47)15-41(36)51-42)17-31(18-30)50-39-13-26(21-45)3-8-34(39)35-9-4-27(22-46)14-40(35)50/h1-18H. The molecular weight excluding hydrogens is 649 g/mol. The van der Waals surface area contributed by atoms with E-state index in [0.717, 1.165) is 75.8 Å². The van der Waals surface area contributed by atoms with Crippen LogP contribution in [0.25, 0.3) is 75.8 Å². The fourth-order valence-electron chi connectivity index (χ4n) is 6.97. The first-order chi connectivity index (χ1) is 25.0. The number of nitriles is 5. The highest BCUT2D eigenvalue weighted by atomic mass is 32.1. The molecule has 0 radical (unpaired) electrons. The van der Waals surface area contributed by atoms with Gasteiger partial charge in [0.15, 0.2) is 0 Å². The number of benzene rings is 6. The van der Waals surface area contributed by atoms with Crippen LogP contribution in [-0.2, 0) is 0 Å². The van der Waals surface area contributed by atoms with Gasteiger partial charge in [-0.2, -0.15) is 26.3 Å². The lowest BCUT2D eigenvalue weighted by molar-refractivity contribution is 1.13. The molecule has 232 valence electrons. The largest absolute Gasteiger partial charge is 0.309 e. The topological polar surface area (TPSA) is 142 Å². The number of hydrogen-bond acceptors (Lipinski definition) is 7. The number of nitrogens with zero attached hydrogens (tertiary/aromatic N) is 8. The van der Waals surface area contributed by atoms with Crippen LogP contribution in [0, 0.1) is 56.7 Å². The lowest BCUT2D eigenvalue weighted by Crippen LogP contribution is -2.00. The maximum absolute atomic E-state index is 9.89. The van der Waals surface area contributed by atoms with Gasteiger partial charge in [0.05, 0.1) is 90.4 Å². The Kier molecular flexibility index (Phi) is 6.44. The summed E-state index contributed by atoms with van der Waals surface area (Å²) in [5.41, 5.74) is 8.81. The molecule has 0 fully saturated rings. The van der Waals surface area contributed by atoms with E-state index in [1.54, 1.807) is 30.3 Å². The average molecular weight is 667 g/mol. The predicted octanol–water partition coefficient (Wildman–Crippen LogP) is 9.52. The molecule has 0 atom stereocenters. The summed E-state index contributed by atoms with van der Waals surface area (Å²) in [6, 6.07) is 45.2. The van der Waals surface area contributed by atoms with Gasteiger partial charge in [-0.25, -0.2) is 4.98 Å². The van der Waals surface area contributed by atoms with Crippen molar-refractivity contribution in [1.82, 2.24) is 14.1 Å². The van der Waals surface area contributed by atoms with Gasteiger partial charge in [-0.05, 0) is 84.9 Å². The normalized spacial score (nSPS) is 11.0. The van der Waals surface area contributed by atoms with E-state index in [0.29, 0.717) is 27.8 Å². The smallest absolute Gasteiger partial charge is 0.124 e. The van der Waals surface area contributed by atoms with E-state index >= 15 is 0 Å². The summed E-state index contributed by atoms with van der Waals surface area (Å²) in [6.45, 7) is 0. The van der Waals surface area contributed by atoms with Crippen LogP contribution in [0.15, 0.2) is 109 Å². The van der Waals surface area contributed by atoms with E-state index in [-0.39, 0.29) is 0 Å².